The van der Waals surface area contributed by atoms with E-state index in [0.29, 0.717) is 12.3 Å². The first-order valence-corrected chi connectivity index (χ1v) is 7.23. The van der Waals surface area contributed by atoms with E-state index in [4.69, 9.17) is 9.47 Å². The van der Waals surface area contributed by atoms with Crippen LogP contribution in [0.25, 0.3) is 0 Å². The number of hydrogen-bond acceptors (Lipinski definition) is 4. The first-order valence-electron chi connectivity index (χ1n) is 7.23. The molecule has 1 amide bonds. The normalized spacial score (nSPS) is 24.0. The minimum absolute atomic E-state index is 0.144. The number of amides is 1. The van der Waals surface area contributed by atoms with E-state index in [9.17, 15) is 9.18 Å². The SMILES string of the molecule is O=C(Nc1cccc(F)c1)OC1COC2(CCNCC2)C1. The highest BCUT2D eigenvalue weighted by Crippen LogP contribution is 2.35. The lowest BCUT2D eigenvalue weighted by Gasteiger charge is -2.32. The van der Waals surface area contributed by atoms with Crippen LogP contribution in [-0.4, -0.2) is 37.5 Å². The number of benzene rings is 1. The van der Waals surface area contributed by atoms with Crippen LogP contribution in [0.4, 0.5) is 14.9 Å². The van der Waals surface area contributed by atoms with Gasteiger partial charge in [0, 0.05) is 12.1 Å². The third-order valence-corrected chi connectivity index (χ3v) is 4.03. The summed E-state index contributed by atoms with van der Waals surface area (Å²) in [5.74, 6) is -0.398. The largest absolute Gasteiger partial charge is 0.443 e. The van der Waals surface area contributed by atoms with Crippen LogP contribution in [0.5, 0.6) is 0 Å². The zero-order chi connectivity index (χ0) is 14.7. The Kier molecular flexibility index (Phi) is 4.07. The quantitative estimate of drug-likeness (QED) is 0.878. The molecule has 1 spiro atoms. The number of nitrogens with one attached hydrogen (secondary N) is 2. The van der Waals surface area contributed by atoms with Crippen molar-refractivity contribution < 1.29 is 18.7 Å². The van der Waals surface area contributed by atoms with Crippen LogP contribution < -0.4 is 10.6 Å². The van der Waals surface area contributed by atoms with Crippen LogP contribution in [0.1, 0.15) is 19.3 Å². The highest BCUT2D eigenvalue weighted by Gasteiger charge is 2.42. The average Bonchev–Trinajstić information content (AvgIpc) is 2.82. The molecule has 21 heavy (non-hydrogen) atoms. The fourth-order valence-electron chi connectivity index (χ4n) is 2.97. The molecule has 1 aromatic rings. The minimum atomic E-state index is -0.569. The van der Waals surface area contributed by atoms with Gasteiger partial charge in [0.05, 0.1) is 12.2 Å². The van der Waals surface area contributed by atoms with Gasteiger partial charge in [-0.3, -0.25) is 5.32 Å². The van der Waals surface area contributed by atoms with Crippen molar-refractivity contribution in [2.45, 2.75) is 31.0 Å². The van der Waals surface area contributed by atoms with Crippen molar-refractivity contribution in [1.29, 1.82) is 0 Å². The van der Waals surface area contributed by atoms with Crippen LogP contribution in [-0.2, 0) is 9.47 Å². The molecule has 2 heterocycles. The molecule has 6 heteroatoms. The predicted octanol–water partition coefficient (Wildman–Crippen LogP) is 2.29. The van der Waals surface area contributed by atoms with Gasteiger partial charge in [-0.15, -0.1) is 0 Å². The van der Waals surface area contributed by atoms with Gasteiger partial charge < -0.3 is 14.8 Å². The number of hydrogen-bond donors (Lipinski definition) is 2. The average molecular weight is 294 g/mol. The second kappa shape index (κ2) is 5.99. The van der Waals surface area contributed by atoms with Crippen molar-refractivity contribution >= 4 is 11.8 Å². The van der Waals surface area contributed by atoms with Gasteiger partial charge in [0.25, 0.3) is 0 Å². The van der Waals surface area contributed by atoms with E-state index in [1.165, 1.54) is 18.2 Å². The number of piperidine rings is 1. The summed E-state index contributed by atoms with van der Waals surface area (Å²) in [6.45, 7) is 2.29. The molecule has 0 bridgehead atoms. The summed E-state index contributed by atoms with van der Waals surface area (Å²) in [7, 11) is 0. The molecule has 0 radical (unpaired) electrons. The summed E-state index contributed by atoms with van der Waals surface area (Å²) in [5.41, 5.74) is 0.241. The molecule has 5 nitrogen and oxygen atoms in total. The molecule has 2 aliphatic rings. The Morgan fingerprint density at radius 2 is 2.24 bits per heavy atom. The molecule has 1 atom stereocenters. The summed E-state index contributed by atoms with van der Waals surface area (Å²) < 4.78 is 24.3. The van der Waals surface area contributed by atoms with E-state index in [0.717, 1.165) is 32.4 Å². The van der Waals surface area contributed by atoms with Gasteiger partial charge in [-0.05, 0) is 44.1 Å². The maximum Gasteiger partial charge on any atom is 0.411 e. The van der Waals surface area contributed by atoms with Gasteiger partial charge in [0.2, 0.25) is 0 Å². The number of anilines is 1. The Hall–Kier alpha value is -1.66. The Morgan fingerprint density at radius 3 is 3.00 bits per heavy atom. The number of rotatable bonds is 2. The van der Waals surface area contributed by atoms with Gasteiger partial charge in [-0.1, -0.05) is 6.07 Å². The van der Waals surface area contributed by atoms with E-state index >= 15 is 0 Å². The molecule has 0 aliphatic carbocycles. The van der Waals surface area contributed by atoms with Crippen molar-refractivity contribution in [2.24, 2.45) is 0 Å². The molecule has 0 saturated carbocycles. The first kappa shape index (κ1) is 14.3. The summed E-state index contributed by atoms with van der Waals surface area (Å²) in [5, 5.41) is 5.83. The minimum Gasteiger partial charge on any atom is -0.443 e. The smallest absolute Gasteiger partial charge is 0.411 e. The summed E-state index contributed by atoms with van der Waals surface area (Å²) >= 11 is 0. The van der Waals surface area contributed by atoms with Gasteiger partial charge >= 0.3 is 6.09 Å². The molecule has 1 unspecified atom stereocenters. The number of ether oxygens (including phenoxy) is 2. The zero-order valence-electron chi connectivity index (χ0n) is 11.7. The number of carbonyl (C=O) groups excluding carboxylic acids is 1. The lowest BCUT2D eigenvalue weighted by molar-refractivity contribution is -0.0211. The molecule has 1 aromatic carbocycles. The predicted molar refractivity (Wildman–Crippen MR) is 75.7 cm³/mol. The second-order valence-electron chi connectivity index (χ2n) is 5.61. The molecule has 2 saturated heterocycles. The van der Waals surface area contributed by atoms with Gasteiger partial charge in [0.1, 0.15) is 11.9 Å². The van der Waals surface area contributed by atoms with E-state index in [1.54, 1.807) is 6.07 Å². The standard InChI is InChI=1S/C15H19FN2O3/c16-11-2-1-3-12(8-11)18-14(19)21-13-9-15(20-10-13)4-6-17-7-5-15/h1-3,8,13,17H,4-7,9-10H2,(H,18,19). The molecule has 2 N–H and O–H groups in total. The molecule has 0 aromatic heterocycles. The van der Waals surface area contributed by atoms with Crippen molar-refractivity contribution in [3.05, 3.63) is 30.1 Å². The summed E-state index contributed by atoms with van der Waals surface area (Å²) in [4.78, 5) is 11.8. The molecule has 3 rings (SSSR count). The van der Waals surface area contributed by atoms with Crippen molar-refractivity contribution in [3.8, 4) is 0 Å². The zero-order valence-corrected chi connectivity index (χ0v) is 11.7. The Balaban J connectivity index is 1.51. The third kappa shape index (κ3) is 3.51. The van der Waals surface area contributed by atoms with Gasteiger partial charge in [-0.25, -0.2) is 9.18 Å². The molecule has 2 fully saturated rings. The second-order valence-corrected chi connectivity index (χ2v) is 5.61. The molecule has 2 aliphatic heterocycles. The topological polar surface area (TPSA) is 59.6 Å². The Bertz CT molecular complexity index is 517. The van der Waals surface area contributed by atoms with Crippen LogP contribution >= 0.6 is 0 Å². The number of carbonyl (C=O) groups is 1. The highest BCUT2D eigenvalue weighted by atomic mass is 19.1. The van der Waals surface area contributed by atoms with Gasteiger partial charge in [0.15, 0.2) is 0 Å². The first-order chi connectivity index (χ1) is 10.2. The maximum atomic E-state index is 13.0. The molecule has 114 valence electrons. The monoisotopic (exact) mass is 294 g/mol. The third-order valence-electron chi connectivity index (χ3n) is 4.03. The van der Waals surface area contributed by atoms with Crippen molar-refractivity contribution in [3.63, 3.8) is 0 Å². The lowest BCUT2D eigenvalue weighted by atomic mass is 9.89. The molecular formula is C15H19FN2O3. The van der Waals surface area contributed by atoms with E-state index < -0.39 is 11.9 Å². The van der Waals surface area contributed by atoms with Gasteiger partial charge in [-0.2, -0.15) is 0 Å². The van der Waals surface area contributed by atoms with Crippen molar-refractivity contribution in [2.75, 3.05) is 25.0 Å². The van der Waals surface area contributed by atoms with E-state index in [2.05, 4.69) is 10.6 Å². The fourth-order valence-corrected chi connectivity index (χ4v) is 2.97. The Morgan fingerprint density at radius 1 is 1.43 bits per heavy atom. The van der Waals surface area contributed by atoms with E-state index in [-0.39, 0.29) is 11.7 Å². The van der Waals surface area contributed by atoms with E-state index in [1.807, 2.05) is 0 Å². The summed E-state index contributed by atoms with van der Waals surface area (Å²) in [6, 6.07) is 5.72. The summed E-state index contributed by atoms with van der Waals surface area (Å²) in [6.07, 6.45) is 1.80. The van der Waals surface area contributed by atoms with Crippen LogP contribution in [0, 0.1) is 5.82 Å². The van der Waals surface area contributed by atoms with Crippen LogP contribution in [0.3, 0.4) is 0 Å². The van der Waals surface area contributed by atoms with Crippen LogP contribution in [0.15, 0.2) is 24.3 Å². The van der Waals surface area contributed by atoms with Crippen LogP contribution in [0.2, 0.25) is 0 Å². The highest BCUT2D eigenvalue weighted by molar-refractivity contribution is 5.84. The molecular weight excluding hydrogens is 275 g/mol. The number of halogens is 1. The van der Waals surface area contributed by atoms with Crippen molar-refractivity contribution in [1.82, 2.24) is 5.32 Å². The Labute approximate surface area is 122 Å². The fraction of sp³-hybridized carbons (Fsp3) is 0.533. The lowest BCUT2D eigenvalue weighted by Crippen LogP contribution is -2.41. The maximum absolute atomic E-state index is 13.0.